The third kappa shape index (κ3) is 9.39. The molecular formula is C21H32N4O5S. The Hall–Kier alpha value is -2.59. The van der Waals surface area contributed by atoms with E-state index in [0.717, 1.165) is 5.56 Å². The summed E-state index contributed by atoms with van der Waals surface area (Å²) in [6.45, 7) is 5.29. The van der Waals surface area contributed by atoms with Crippen LogP contribution in [0.5, 0.6) is 0 Å². The van der Waals surface area contributed by atoms with E-state index in [4.69, 9.17) is 5.73 Å². The lowest BCUT2D eigenvalue weighted by Gasteiger charge is -2.23. The first-order valence-corrected chi connectivity index (χ1v) is 10.7. The number of rotatable bonds is 12. The van der Waals surface area contributed by atoms with Gasteiger partial charge in [0.05, 0.1) is 6.04 Å². The number of carboxylic acid groups (broad SMARTS) is 1. The number of hydrogen-bond acceptors (Lipinski definition) is 6. The average molecular weight is 453 g/mol. The molecule has 10 heteroatoms. The van der Waals surface area contributed by atoms with Gasteiger partial charge in [0.25, 0.3) is 0 Å². The highest BCUT2D eigenvalue weighted by atomic mass is 32.1. The van der Waals surface area contributed by atoms with Gasteiger partial charge in [-0.1, -0.05) is 44.2 Å². The lowest BCUT2D eigenvalue weighted by Crippen LogP contribution is -2.57. The van der Waals surface area contributed by atoms with Crippen LogP contribution in [-0.2, 0) is 25.6 Å². The summed E-state index contributed by atoms with van der Waals surface area (Å²) < 4.78 is 0. The molecule has 0 saturated carbocycles. The minimum Gasteiger partial charge on any atom is -0.480 e. The Bertz CT molecular complexity index is 759. The lowest BCUT2D eigenvalue weighted by molar-refractivity contribution is -0.142. The van der Waals surface area contributed by atoms with Gasteiger partial charge in [-0.25, -0.2) is 4.79 Å². The molecule has 0 fully saturated rings. The molecule has 0 radical (unpaired) electrons. The SMILES string of the molecule is CC(C)CC(N)C(=O)NC(CS)C(=O)NC(C)C(=O)NC(Cc1ccccc1)C(=O)O. The van der Waals surface area contributed by atoms with E-state index in [1.807, 2.05) is 19.9 Å². The number of carbonyl (C=O) groups excluding carboxylic acids is 3. The van der Waals surface area contributed by atoms with Crippen LogP contribution in [0.3, 0.4) is 0 Å². The number of carboxylic acids is 1. The van der Waals surface area contributed by atoms with E-state index in [-0.39, 0.29) is 18.1 Å². The molecule has 1 aromatic rings. The van der Waals surface area contributed by atoms with Crippen LogP contribution in [-0.4, -0.2) is 58.7 Å². The molecule has 0 aliphatic carbocycles. The summed E-state index contributed by atoms with van der Waals surface area (Å²) in [4.78, 5) is 48.6. The maximum Gasteiger partial charge on any atom is 0.326 e. The van der Waals surface area contributed by atoms with E-state index in [9.17, 15) is 24.3 Å². The smallest absolute Gasteiger partial charge is 0.326 e. The van der Waals surface area contributed by atoms with Crippen LogP contribution in [0.25, 0.3) is 0 Å². The zero-order valence-electron chi connectivity index (χ0n) is 18.0. The lowest BCUT2D eigenvalue weighted by atomic mass is 10.0. The number of nitrogens with two attached hydrogens (primary N) is 1. The van der Waals surface area contributed by atoms with E-state index in [0.29, 0.717) is 6.42 Å². The standard InChI is InChI=1S/C21H32N4O5S/c1-12(2)9-15(22)19(27)25-17(11-31)20(28)23-13(3)18(26)24-16(21(29)30)10-14-7-5-4-6-8-14/h4-8,12-13,15-17,31H,9-11,22H2,1-3H3,(H,23,28)(H,24,26)(H,25,27)(H,29,30). The second-order valence-electron chi connectivity index (χ2n) is 7.80. The van der Waals surface area contributed by atoms with Gasteiger partial charge in [-0.15, -0.1) is 0 Å². The fraction of sp³-hybridized carbons (Fsp3) is 0.524. The molecule has 4 unspecified atom stereocenters. The van der Waals surface area contributed by atoms with E-state index >= 15 is 0 Å². The molecule has 0 aliphatic heterocycles. The van der Waals surface area contributed by atoms with Crippen LogP contribution in [0.4, 0.5) is 0 Å². The summed E-state index contributed by atoms with van der Waals surface area (Å²) in [7, 11) is 0. The Kier molecular flexibility index (Phi) is 11.1. The van der Waals surface area contributed by atoms with Crippen molar-refractivity contribution in [3.8, 4) is 0 Å². The topological polar surface area (TPSA) is 151 Å². The maximum absolute atomic E-state index is 12.5. The highest BCUT2D eigenvalue weighted by Crippen LogP contribution is 2.05. The van der Waals surface area contributed by atoms with Crippen molar-refractivity contribution in [2.24, 2.45) is 11.7 Å². The quantitative estimate of drug-likeness (QED) is 0.247. The predicted molar refractivity (Wildman–Crippen MR) is 121 cm³/mol. The molecule has 0 spiro atoms. The van der Waals surface area contributed by atoms with Crippen LogP contribution in [0.1, 0.15) is 32.8 Å². The second-order valence-corrected chi connectivity index (χ2v) is 8.16. The Morgan fingerprint density at radius 2 is 1.52 bits per heavy atom. The van der Waals surface area contributed by atoms with Crippen LogP contribution >= 0.6 is 12.6 Å². The third-order valence-electron chi connectivity index (χ3n) is 4.53. The fourth-order valence-corrected chi connectivity index (χ4v) is 3.07. The van der Waals surface area contributed by atoms with Gasteiger partial charge in [-0.2, -0.15) is 12.6 Å². The number of benzene rings is 1. The fourth-order valence-electron chi connectivity index (χ4n) is 2.81. The molecule has 172 valence electrons. The predicted octanol–water partition coefficient (Wildman–Crippen LogP) is 0.0912. The highest BCUT2D eigenvalue weighted by molar-refractivity contribution is 7.80. The van der Waals surface area contributed by atoms with Crippen LogP contribution in [0.2, 0.25) is 0 Å². The largest absolute Gasteiger partial charge is 0.480 e. The zero-order chi connectivity index (χ0) is 23.6. The average Bonchev–Trinajstić information content (AvgIpc) is 2.71. The first-order chi connectivity index (χ1) is 14.5. The summed E-state index contributed by atoms with van der Waals surface area (Å²) in [5.74, 6) is -2.71. The number of thiol groups is 1. The third-order valence-corrected chi connectivity index (χ3v) is 4.89. The Morgan fingerprint density at radius 3 is 2.03 bits per heavy atom. The van der Waals surface area contributed by atoms with Crippen molar-refractivity contribution >= 4 is 36.3 Å². The van der Waals surface area contributed by atoms with Crippen LogP contribution in [0, 0.1) is 5.92 Å². The van der Waals surface area contributed by atoms with Gasteiger partial charge in [-0.05, 0) is 24.8 Å². The van der Waals surface area contributed by atoms with Gasteiger partial charge in [0.2, 0.25) is 17.7 Å². The normalized spacial score (nSPS) is 14.8. The molecule has 0 aliphatic rings. The second kappa shape index (κ2) is 13.0. The minimum atomic E-state index is -1.18. The number of hydrogen-bond donors (Lipinski definition) is 6. The maximum atomic E-state index is 12.5. The van der Waals surface area contributed by atoms with Gasteiger partial charge in [-0.3, -0.25) is 14.4 Å². The molecule has 31 heavy (non-hydrogen) atoms. The van der Waals surface area contributed by atoms with Crippen molar-refractivity contribution in [2.45, 2.75) is 57.8 Å². The van der Waals surface area contributed by atoms with Crippen molar-refractivity contribution in [3.05, 3.63) is 35.9 Å². The monoisotopic (exact) mass is 452 g/mol. The Labute approximate surface area is 187 Å². The highest BCUT2D eigenvalue weighted by Gasteiger charge is 2.28. The van der Waals surface area contributed by atoms with Gasteiger partial charge in [0, 0.05) is 12.2 Å². The Morgan fingerprint density at radius 1 is 0.935 bits per heavy atom. The molecule has 1 rings (SSSR count). The summed E-state index contributed by atoms with van der Waals surface area (Å²) in [6.07, 6.45) is 0.565. The van der Waals surface area contributed by atoms with Crippen molar-refractivity contribution in [3.63, 3.8) is 0 Å². The molecule has 6 N–H and O–H groups in total. The molecule has 0 heterocycles. The molecular weight excluding hydrogens is 420 g/mol. The molecule has 1 aromatic carbocycles. The van der Waals surface area contributed by atoms with Crippen molar-refractivity contribution in [2.75, 3.05) is 5.75 Å². The van der Waals surface area contributed by atoms with Crippen molar-refractivity contribution in [1.29, 1.82) is 0 Å². The summed E-state index contributed by atoms with van der Waals surface area (Å²) in [5, 5.41) is 16.8. The van der Waals surface area contributed by atoms with Gasteiger partial charge in [0.1, 0.15) is 18.1 Å². The molecule has 9 nitrogen and oxygen atoms in total. The Balaban J connectivity index is 2.66. The molecule has 0 aromatic heterocycles. The van der Waals surface area contributed by atoms with Gasteiger partial charge in [0.15, 0.2) is 0 Å². The first kappa shape index (κ1) is 26.4. The number of aliphatic carboxylic acids is 1. The van der Waals surface area contributed by atoms with Gasteiger partial charge < -0.3 is 26.8 Å². The van der Waals surface area contributed by atoms with Crippen LogP contribution < -0.4 is 21.7 Å². The number of nitrogens with one attached hydrogen (secondary N) is 3. The summed E-state index contributed by atoms with van der Waals surface area (Å²) >= 11 is 4.09. The van der Waals surface area contributed by atoms with Crippen molar-refractivity contribution in [1.82, 2.24) is 16.0 Å². The molecule has 0 saturated heterocycles. The van der Waals surface area contributed by atoms with E-state index in [2.05, 4.69) is 28.6 Å². The van der Waals surface area contributed by atoms with Gasteiger partial charge >= 0.3 is 5.97 Å². The first-order valence-electron chi connectivity index (χ1n) is 10.1. The molecule has 3 amide bonds. The molecule has 0 bridgehead atoms. The molecule has 4 atom stereocenters. The zero-order valence-corrected chi connectivity index (χ0v) is 18.9. The van der Waals surface area contributed by atoms with Crippen molar-refractivity contribution < 1.29 is 24.3 Å². The number of amides is 3. The minimum absolute atomic E-state index is 0.00602. The van der Waals surface area contributed by atoms with E-state index in [1.165, 1.54) is 6.92 Å². The van der Waals surface area contributed by atoms with E-state index in [1.54, 1.807) is 24.3 Å². The van der Waals surface area contributed by atoms with Crippen LogP contribution in [0.15, 0.2) is 30.3 Å². The summed E-state index contributed by atoms with van der Waals surface area (Å²) in [6, 6.07) is 4.97. The number of carbonyl (C=O) groups is 4. The summed E-state index contributed by atoms with van der Waals surface area (Å²) in [5.41, 5.74) is 6.58. The van der Waals surface area contributed by atoms with E-state index < -0.39 is 47.9 Å².